The van der Waals surface area contributed by atoms with Crippen molar-refractivity contribution in [2.24, 2.45) is 5.92 Å². The summed E-state index contributed by atoms with van der Waals surface area (Å²) in [7, 11) is 0. The van der Waals surface area contributed by atoms with Gasteiger partial charge in [0, 0.05) is 25.0 Å². The number of rotatable bonds is 3. The van der Waals surface area contributed by atoms with Crippen LogP contribution < -0.4 is 10.6 Å². The summed E-state index contributed by atoms with van der Waals surface area (Å²) in [6.07, 6.45) is 5.70. The van der Waals surface area contributed by atoms with Crippen molar-refractivity contribution in [2.75, 3.05) is 31.5 Å². The Labute approximate surface area is 112 Å². The number of hydrogen-bond donors (Lipinski definition) is 2. The number of carbonyl (C=O) groups excluding carboxylic acids is 1. The second kappa shape index (κ2) is 5.63. The van der Waals surface area contributed by atoms with Crippen LogP contribution in [-0.4, -0.2) is 53.0 Å². The monoisotopic (exact) mass is 261 g/mol. The minimum absolute atomic E-state index is 0.0289. The number of nitrogens with one attached hydrogen (secondary N) is 2. The minimum atomic E-state index is -0.0289. The van der Waals surface area contributed by atoms with Gasteiger partial charge >= 0.3 is 0 Å². The lowest BCUT2D eigenvalue weighted by atomic mass is 9.92. The topological polar surface area (TPSA) is 70.2 Å². The van der Waals surface area contributed by atoms with Gasteiger partial charge < -0.3 is 5.32 Å². The molecule has 0 saturated carbocycles. The fraction of sp³-hybridized carbons (Fsp3) is 0.615. The van der Waals surface area contributed by atoms with Crippen molar-refractivity contribution in [2.45, 2.75) is 18.9 Å². The Morgan fingerprint density at radius 2 is 2.26 bits per heavy atom. The molecule has 1 amide bonds. The molecule has 0 bridgehead atoms. The Hall–Kier alpha value is -1.53. The fourth-order valence-electron chi connectivity index (χ4n) is 3.07. The summed E-state index contributed by atoms with van der Waals surface area (Å²) >= 11 is 0. The van der Waals surface area contributed by atoms with Gasteiger partial charge in [-0.15, -0.1) is 0 Å². The van der Waals surface area contributed by atoms with Crippen LogP contribution in [0.2, 0.25) is 0 Å². The zero-order valence-electron chi connectivity index (χ0n) is 10.9. The van der Waals surface area contributed by atoms with Gasteiger partial charge in [0.05, 0.1) is 6.54 Å². The molecule has 3 rings (SSSR count). The van der Waals surface area contributed by atoms with Crippen molar-refractivity contribution in [3.63, 3.8) is 0 Å². The Morgan fingerprint density at radius 3 is 3.11 bits per heavy atom. The van der Waals surface area contributed by atoms with Crippen molar-refractivity contribution in [3.05, 3.63) is 18.5 Å². The second-order valence-corrected chi connectivity index (χ2v) is 5.22. The van der Waals surface area contributed by atoms with Gasteiger partial charge in [-0.05, 0) is 37.9 Å². The van der Waals surface area contributed by atoms with Gasteiger partial charge in [-0.25, -0.2) is 9.97 Å². The lowest BCUT2D eigenvalue weighted by Gasteiger charge is -2.36. The molecular formula is C13H19N5O. The lowest BCUT2D eigenvalue weighted by molar-refractivity contribution is -0.118. The van der Waals surface area contributed by atoms with Gasteiger partial charge in [0.15, 0.2) is 0 Å². The molecular weight excluding hydrogens is 242 g/mol. The molecule has 0 radical (unpaired) electrons. The highest BCUT2D eigenvalue weighted by molar-refractivity contribution is 5.90. The van der Waals surface area contributed by atoms with E-state index in [-0.39, 0.29) is 5.91 Å². The highest BCUT2D eigenvalue weighted by atomic mass is 16.2. The van der Waals surface area contributed by atoms with Crippen LogP contribution in [0, 0.1) is 5.92 Å². The molecule has 2 aliphatic heterocycles. The van der Waals surface area contributed by atoms with E-state index in [4.69, 9.17) is 0 Å². The predicted molar refractivity (Wildman–Crippen MR) is 71.6 cm³/mol. The molecule has 0 aromatic carbocycles. The van der Waals surface area contributed by atoms with Crippen LogP contribution in [0.3, 0.4) is 0 Å². The molecule has 2 fully saturated rings. The lowest BCUT2D eigenvalue weighted by Crippen LogP contribution is -2.48. The number of hydrogen-bond acceptors (Lipinski definition) is 5. The highest BCUT2D eigenvalue weighted by Crippen LogP contribution is 2.25. The summed E-state index contributed by atoms with van der Waals surface area (Å²) in [6, 6.07) is 2.24. The first-order valence-corrected chi connectivity index (χ1v) is 6.84. The third-order valence-corrected chi connectivity index (χ3v) is 3.96. The Kier molecular flexibility index (Phi) is 3.70. The van der Waals surface area contributed by atoms with Crippen LogP contribution in [0.1, 0.15) is 12.8 Å². The highest BCUT2D eigenvalue weighted by Gasteiger charge is 2.35. The molecule has 6 nitrogen and oxygen atoms in total. The standard InChI is InChI=1S/C13H19N5O/c19-12(17-13-15-4-2-5-16-13)9-18-6-1-3-10-7-14-8-11(10)18/h2,4-5,10-11,14H,1,3,6-9H2,(H,15,16,17,19). The fourth-order valence-corrected chi connectivity index (χ4v) is 3.07. The van der Waals surface area contributed by atoms with Gasteiger partial charge in [0.2, 0.25) is 11.9 Å². The number of amides is 1. The normalized spacial score (nSPS) is 26.9. The van der Waals surface area contributed by atoms with Crippen LogP contribution >= 0.6 is 0 Å². The summed E-state index contributed by atoms with van der Waals surface area (Å²) in [6.45, 7) is 3.53. The molecule has 19 heavy (non-hydrogen) atoms. The van der Waals surface area contributed by atoms with Crippen LogP contribution in [-0.2, 0) is 4.79 Å². The molecule has 1 aromatic heterocycles. The van der Waals surface area contributed by atoms with Crippen molar-refractivity contribution >= 4 is 11.9 Å². The molecule has 0 aliphatic carbocycles. The number of carbonyl (C=O) groups is 1. The van der Waals surface area contributed by atoms with Gasteiger partial charge in [-0.3, -0.25) is 15.0 Å². The van der Waals surface area contributed by atoms with E-state index in [1.165, 1.54) is 12.8 Å². The molecule has 3 heterocycles. The molecule has 2 saturated heterocycles. The smallest absolute Gasteiger partial charge is 0.240 e. The third kappa shape index (κ3) is 2.90. The van der Waals surface area contributed by atoms with Crippen molar-refractivity contribution in [1.82, 2.24) is 20.2 Å². The zero-order chi connectivity index (χ0) is 13.1. The number of likely N-dealkylation sites (tertiary alicyclic amines) is 1. The van der Waals surface area contributed by atoms with Crippen molar-refractivity contribution in [3.8, 4) is 0 Å². The van der Waals surface area contributed by atoms with Crippen molar-refractivity contribution in [1.29, 1.82) is 0 Å². The van der Waals surface area contributed by atoms with E-state index in [0.717, 1.165) is 19.6 Å². The van der Waals surface area contributed by atoms with Gasteiger partial charge in [0.25, 0.3) is 0 Å². The summed E-state index contributed by atoms with van der Waals surface area (Å²) < 4.78 is 0. The van der Waals surface area contributed by atoms with E-state index < -0.39 is 0 Å². The number of nitrogens with zero attached hydrogens (tertiary/aromatic N) is 3. The van der Waals surface area contributed by atoms with Crippen LogP contribution in [0.4, 0.5) is 5.95 Å². The van der Waals surface area contributed by atoms with Crippen LogP contribution in [0.25, 0.3) is 0 Å². The largest absolute Gasteiger partial charge is 0.315 e. The molecule has 1 aromatic rings. The number of anilines is 1. The van der Waals surface area contributed by atoms with Crippen molar-refractivity contribution < 1.29 is 4.79 Å². The average molecular weight is 261 g/mol. The first-order valence-electron chi connectivity index (χ1n) is 6.84. The van der Waals surface area contributed by atoms with Gasteiger partial charge in [-0.2, -0.15) is 0 Å². The summed E-state index contributed by atoms with van der Waals surface area (Å²) in [5, 5.41) is 6.16. The second-order valence-electron chi connectivity index (χ2n) is 5.22. The van der Waals surface area contributed by atoms with E-state index in [1.54, 1.807) is 18.5 Å². The molecule has 2 unspecified atom stereocenters. The summed E-state index contributed by atoms with van der Waals surface area (Å²) in [4.78, 5) is 22.3. The molecule has 6 heteroatoms. The third-order valence-electron chi connectivity index (χ3n) is 3.96. The SMILES string of the molecule is O=C(CN1CCCC2CNCC21)Nc1ncccn1. The van der Waals surface area contributed by atoms with E-state index >= 15 is 0 Å². The van der Waals surface area contributed by atoms with E-state index in [0.29, 0.717) is 24.5 Å². The minimum Gasteiger partial charge on any atom is -0.315 e. The van der Waals surface area contributed by atoms with E-state index in [9.17, 15) is 4.79 Å². The Bertz CT molecular complexity index is 438. The first-order chi connectivity index (χ1) is 9.33. The quantitative estimate of drug-likeness (QED) is 0.807. The Balaban J connectivity index is 1.57. The molecule has 2 atom stereocenters. The number of fused-ring (bicyclic) bond motifs is 1. The predicted octanol–water partition coefficient (Wildman–Crippen LogP) is 0.0989. The first kappa shape index (κ1) is 12.5. The zero-order valence-corrected chi connectivity index (χ0v) is 10.9. The van der Waals surface area contributed by atoms with Crippen LogP contribution in [0.5, 0.6) is 0 Å². The maximum absolute atomic E-state index is 12.0. The maximum atomic E-state index is 12.0. The molecule has 0 spiro atoms. The average Bonchev–Trinajstić information content (AvgIpc) is 2.89. The Morgan fingerprint density at radius 1 is 1.42 bits per heavy atom. The summed E-state index contributed by atoms with van der Waals surface area (Å²) in [5.41, 5.74) is 0. The molecule has 2 N–H and O–H groups in total. The maximum Gasteiger partial charge on any atom is 0.240 e. The van der Waals surface area contributed by atoms with Gasteiger partial charge in [-0.1, -0.05) is 0 Å². The van der Waals surface area contributed by atoms with E-state index in [1.807, 2.05) is 0 Å². The molecule has 2 aliphatic rings. The summed E-state index contributed by atoms with van der Waals surface area (Å²) in [5.74, 6) is 1.05. The number of piperidine rings is 1. The number of aromatic nitrogens is 2. The van der Waals surface area contributed by atoms with Crippen LogP contribution in [0.15, 0.2) is 18.5 Å². The van der Waals surface area contributed by atoms with Gasteiger partial charge in [0.1, 0.15) is 0 Å². The van der Waals surface area contributed by atoms with E-state index in [2.05, 4.69) is 25.5 Å². The molecule has 102 valence electrons.